The van der Waals surface area contributed by atoms with Crippen LogP contribution in [-0.2, 0) is 16.8 Å². The summed E-state index contributed by atoms with van der Waals surface area (Å²) in [7, 11) is 0. The SMILES string of the molecule is NC(=O)c1ccc(CCN2CC3C(C2)C3NC(=O)C(O)(c2ccccc2)C2CCCC2)cc1. The normalized spacial score (nSPS) is 26.5. The van der Waals surface area contributed by atoms with Crippen LogP contribution in [0, 0.1) is 17.8 Å². The predicted octanol–water partition coefficient (Wildman–Crippen LogP) is 2.45. The van der Waals surface area contributed by atoms with Gasteiger partial charge in [0.2, 0.25) is 5.91 Å². The molecule has 1 aliphatic heterocycles. The van der Waals surface area contributed by atoms with Crippen molar-refractivity contribution in [3.05, 3.63) is 71.3 Å². The van der Waals surface area contributed by atoms with Gasteiger partial charge in [-0.05, 0) is 54.4 Å². The quantitative estimate of drug-likeness (QED) is 0.579. The molecule has 0 spiro atoms. The van der Waals surface area contributed by atoms with Crippen LogP contribution in [0.4, 0.5) is 0 Å². The number of rotatable bonds is 8. The number of carbonyl (C=O) groups excluding carboxylic acids is 2. The first kappa shape index (κ1) is 22.1. The molecule has 2 amide bonds. The molecule has 33 heavy (non-hydrogen) atoms. The van der Waals surface area contributed by atoms with Crippen molar-refractivity contribution in [2.45, 2.75) is 43.7 Å². The molecule has 2 aromatic rings. The van der Waals surface area contributed by atoms with Gasteiger partial charge >= 0.3 is 0 Å². The molecule has 1 saturated heterocycles. The molecule has 0 radical (unpaired) electrons. The minimum Gasteiger partial charge on any atom is -0.375 e. The lowest BCUT2D eigenvalue weighted by molar-refractivity contribution is -0.147. The molecular weight excluding hydrogens is 414 g/mol. The highest BCUT2D eigenvalue weighted by molar-refractivity contribution is 5.92. The number of nitrogens with two attached hydrogens (primary N) is 1. The summed E-state index contributed by atoms with van der Waals surface area (Å²) in [6.45, 7) is 2.91. The number of hydrogen-bond acceptors (Lipinski definition) is 4. The molecule has 3 atom stereocenters. The minimum absolute atomic E-state index is 0.0176. The Labute approximate surface area is 195 Å². The number of nitrogens with one attached hydrogen (secondary N) is 1. The number of hydrogen-bond donors (Lipinski definition) is 3. The van der Waals surface area contributed by atoms with Crippen LogP contribution in [0.25, 0.3) is 0 Å². The summed E-state index contributed by atoms with van der Waals surface area (Å²) in [6.07, 6.45) is 4.85. The van der Waals surface area contributed by atoms with Gasteiger partial charge in [0, 0.05) is 37.2 Å². The number of aliphatic hydroxyl groups is 1. The number of carbonyl (C=O) groups is 2. The van der Waals surface area contributed by atoms with Crippen LogP contribution in [0.5, 0.6) is 0 Å². The highest BCUT2D eigenvalue weighted by Crippen LogP contribution is 2.47. The van der Waals surface area contributed by atoms with E-state index in [0.717, 1.165) is 51.7 Å². The van der Waals surface area contributed by atoms with Gasteiger partial charge in [-0.3, -0.25) is 9.59 Å². The monoisotopic (exact) mass is 447 g/mol. The summed E-state index contributed by atoms with van der Waals surface area (Å²) in [5, 5.41) is 14.9. The van der Waals surface area contributed by atoms with Crippen molar-refractivity contribution in [1.29, 1.82) is 0 Å². The van der Waals surface area contributed by atoms with E-state index in [1.807, 2.05) is 42.5 Å². The summed E-state index contributed by atoms with van der Waals surface area (Å²) < 4.78 is 0. The van der Waals surface area contributed by atoms with E-state index in [0.29, 0.717) is 23.0 Å². The highest BCUT2D eigenvalue weighted by Gasteiger charge is 2.58. The second kappa shape index (κ2) is 8.92. The Morgan fingerprint density at radius 3 is 2.24 bits per heavy atom. The lowest BCUT2D eigenvalue weighted by atomic mass is 9.79. The van der Waals surface area contributed by atoms with E-state index in [-0.39, 0.29) is 17.9 Å². The average molecular weight is 448 g/mol. The lowest BCUT2D eigenvalue weighted by Crippen LogP contribution is -2.51. The molecule has 3 unspecified atom stereocenters. The molecule has 2 aromatic carbocycles. The summed E-state index contributed by atoms with van der Waals surface area (Å²) in [6, 6.07) is 17.1. The predicted molar refractivity (Wildman–Crippen MR) is 126 cm³/mol. The zero-order chi connectivity index (χ0) is 23.0. The van der Waals surface area contributed by atoms with Crippen molar-refractivity contribution in [1.82, 2.24) is 10.2 Å². The van der Waals surface area contributed by atoms with Crippen LogP contribution >= 0.6 is 0 Å². The summed E-state index contributed by atoms with van der Waals surface area (Å²) in [4.78, 5) is 27.1. The average Bonchev–Trinajstić information content (AvgIpc) is 3.25. The zero-order valence-electron chi connectivity index (χ0n) is 19.0. The molecule has 3 aliphatic rings. The largest absolute Gasteiger partial charge is 0.375 e. The van der Waals surface area contributed by atoms with Gasteiger partial charge < -0.3 is 21.1 Å². The molecule has 1 heterocycles. The van der Waals surface area contributed by atoms with Gasteiger partial charge in [-0.1, -0.05) is 55.3 Å². The van der Waals surface area contributed by atoms with Crippen molar-refractivity contribution in [2.24, 2.45) is 23.5 Å². The number of primary amides is 1. The number of fused-ring (bicyclic) bond motifs is 1. The number of likely N-dealkylation sites (tertiary alicyclic amines) is 1. The minimum atomic E-state index is -1.44. The zero-order valence-corrected chi connectivity index (χ0v) is 19.0. The van der Waals surface area contributed by atoms with Crippen molar-refractivity contribution < 1.29 is 14.7 Å². The Hall–Kier alpha value is -2.70. The first-order valence-corrected chi connectivity index (χ1v) is 12.2. The van der Waals surface area contributed by atoms with E-state index in [9.17, 15) is 14.7 Å². The maximum absolute atomic E-state index is 13.4. The van der Waals surface area contributed by atoms with E-state index < -0.39 is 11.5 Å². The molecule has 5 rings (SSSR count). The molecule has 2 aliphatic carbocycles. The number of nitrogens with zero attached hydrogens (tertiary/aromatic N) is 1. The van der Waals surface area contributed by atoms with Gasteiger partial charge in [-0.2, -0.15) is 0 Å². The second-order valence-electron chi connectivity index (χ2n) is 10.0. The Morgan fingerprint density at radius 2 is 1.64 bits per heavy atom. The molecule has 174 valence electrons. The fraction of sp³-hybridized carbons (Fsp3) is 0.481. The molecule has 4 N–H and O–H groups in total. The lowest BCUT2D eigenvalue weighted by Gasteiger charge is -2.33. The Bertz CT molecular complexity index is 991. The Morgan fingerprint density at radius 1 is 1.00 bits per heavy atom. The Kier molecular flexibility index (Phi) is 5.97. The third kappa shape index (κ3) is 4.30. The molecule has 6 nitrogen and oxygen atoms in total. The smallest absolute Gasteiger partial charge is 0.257 e. The summed E-state index contributed by atoms with van der Waals surface area (Å²) in [5.41, 5.74) is 6.31. The highest BCUT2D eigenvalue weighted by atomic mass is 16.3. The first-order chi connectivity index (χ1) is 16.0. The molecule has 0 aromatic heterocycles. The van der Waals surface area contributed by atoms with E-state index in [4.69, 9.17) is 5.73 Å². The van der Waals surface area contributed by atoms with Crippen molar-refractivity contribution >= 4 is 11.8 Å². The van der Waals surface area contributed by atoms with E-state index >= 15 is 0 Å². The van der Waals surface area contributed by atoms with Crippen molar-refractivity contribution in [3.63, 3.8) is 0 Å². The molecular formula is C27H33N3O3. The van der Waals surface area contributed by atoms with Crippen LogP contribution in [0.2, 0.25) is 0 Å². The third-order valence-corrected chi connectivity index (χ3v) is 8.03. The molecule has 6 heteroatoms. The van der Waals surface area contributed by atoms with Crippen molar-refractivity contribution in [2.75, 3.05) is 19.6 Å². The van der Waals surface area contributed by atoms with Gasteiger partial charge in [0.1, 0.15) is 0 Å². The van der Waals surface area contributed by atoms with Gasteiger partial charge in [-0.15, -0.1) is 0 Å². The summed E-state index contributed by atoms with van der Waals surface area (Å²) >= 11 is 0. The van der Waals surface area contributed by atoms with Crippen LogP contribution in [0.15, 0.2) is 54.6 Å². The maximum Gasteiger partial charge on any atom is 0.257 e. The van der Waals surface area contributed by atoms with Crippen LogP contribution in [0.3, 0.4) is 0 Å². The number of amides is 2. The fourth-order valence-electron chi connectivity index (χ4n) is 5.98. The Balaban J connectivity index is 1.15. The van der Waals surface area contributed by atoms with Crippen molar-refractivity contribution in [3.8, 4) is 0 Å². The first-order valence-electron chi connectivity index (χ1n) is 12.2. The summed E-state index contributed by atoms with van der Waals surface area (Å²) in [5.74, 6) is 0.294. The van der Waals surface area contributed by atoms with Gasteiger partial charge in [0.15, 0.2) is 5.60 Å². The third-order valence-electron chi connectivity index (χ3n) is 8.03. The topological polar surface area (TPSA) is 95.7 Å². The molecule has 2 saturated carbocycles. The fourth-order valence-corrected chi connectivity index (χ4v) is 5.98. The van der Waals surface area contributed by atoms with Crippen LogP contribution in [-0.4, -0.2) is 47.5 Å². The molecule has 0 bridgehead atoms. The second-order valence-corrected chi connectivity index (χ2v) is 10.0. The van der Waals surface area contributed by atoms with E-state index in [1.54, 1.807) is 12.1 Å². The van der Waals surface area contributed by atoms with Crippen LogP contribution < -0.4 is 11.1 Å². The van der Waals surface area contributed by atoms with Gasteiger partial charge in [0.05, 0.1) is 0 Å². The number of benzene rings is 2. The van der Waals surface area contributed by atoms with E-state index in [2.05, 4.69) is 10.2 Å². The number of piperidine rings is 1. The molecule has 3 fully saturated rings. The van der Waals surface area contributed by atoms with Crippen LogP contribution in [0.1, 0.15) is 47.2 Å². The van der Waals surface area contributed by atoms with Gasteiger partial charge in [0.25, 0.3) is 5.91 Å². The standard InChI is InChI=1S/C27H33N3O3/c28-25(31)19-12-10-18(11-13-19)14-15-30-16-22-23(17-30)24(22)29-26(32)27(33,21-8-4-5-9-21)20-6-2-1-3-7-20/h1-3,6-7,10-13,21-24,33H,4-5,8-9,14-17H2,(H2,28,31)(H,29,32). The van der Waals surface area contributed by atoms with Gasteiger partial charge in [-0.25, -0.2) is 0 Å². The maximum atomic E-state index is 13.4. The van der Waals surface area contributed by atoms with E-state index in [1.165, 1.54) is 5.56 Å².